The first-order valence-electron chi connectivity index (χ1n) is 7.94. The average Bonchev–Trinajstić information content (AvgIpc) is 2.78. The van der Waals surface area contributed by atoms with E-state index in [0.717, 1.165) is 31.5 Å². The maximum atomic E-state index is 12.1. The van der Waals surface area contributed by atoms with E-state index in [-0.39, 0.29) is 12.3 Å². The van der Waals surface area contributed by atoms with Crippen LogP contribution in [0.25, 0.3) is 0 Å². The number of carboxylic acid groups (broad SMARTS) is 1. The molecule has 0 aliphatic carbocycles. The van der Waals surface area contributed by atoms with Crippen LogP contribution in [-0.4, -0.2) is 33.3 Å². The Labute approximate surface area is 131 Å². The summed E-state index contributed by atoms with van der Waals surface area (Å²) < 4.78 is 1.87. The van der Waals surface area contributed by atoms with Crippen LogP contribution in [0.5, 0.6) is 0 Å². The summed E-state index contributed by atoms with van der Waals surface area (Å²) in [5.41, 5.74) is 1.53. The lowest BCUT2D eigenvalue weighted by Gasteiger charge is -2.08. The highest BCUT2D eigenvalue weighted by Crippen LogP contribution is 2.10. The monoisotopic (exact) mass is 309 g/mol. The van der Waals surface area contributed by atoms with E-state index in [1.54, 1.807) is 6.20 Å². The highest BCUT2D eigenvalue weighted by atomic mass is 16.4. The molecule has 0 atom stereocenters. The number of carbonyl (C=O) groups is 2. The lowest BCUT2D eigenvalue weighted by Crippen LogP contribution is -2.25. The van der Waals surface area contributed by atoms with Gasteiger partial charge in [0.25, 0.3) is 5.91 Å². The summed E-state index contributed by atoms with van der Waals surface area (Å²) in [5, 5.41) is 15.7. The molecule has 1 heterocycles. The Hall–Kier alpha value is -1.85. The van der Waals surface area contributed by atoms with E-state index in [4.69, 9.17) is 5.11 Å². The van der Waals surface area contributed by atoms with Gasteiger partial charge in [-0.15, -0.1) is 0 Å². The standard InChI is InChI=1S/C16H27N3O3/c1-12(2)11-19-13(3)14(10-18-19)16(22)17-9-7-5-4-6-8-15(20)21/h10,12H,4-9,11H2,1-3H3,(H,17,22)(H,20,21). The van der Waals surface area contributed by atoms with Crippen molar-refractivity contribution in [2.24, 2.45) is 5.92 Å². The number of rotatable bonds is 10. The molecule has 0 aliphatic heterocycles. The third-order valence-electron chi connectivity index (χ3n) is 3.49. The summed E-state index contributed by atoms with van der Waals surface area (Å²) in [7, 11) is 0. The molecule has 22 heavy (non-hydrogen) atoms. The van der Waals surface area contributed by atoms with Crippen molar-refractivity contribution in [3.05, 3.63) is 17.5 Å². The molecule has 1 aromatic heterocycles. The van der Waals surface area contributed by atoms with E-state index < -0.39 is 5.97 Å². The Morgan fingerprint density at radius 3 is 2.59 bits per heavy atom. The van der Waals surface area contributed by atoms with Crippen molar-refractivity contribution in [2.75, 3.05) is 6.54 Å². The third-order valence-corrected chi connectivity index (χ3v) is 3.49. The molecule has 0 unspecified atom stereocenters. The zero-order valence-corrected chi connectivity index (χ0v) is 13.8. The van der Waals surface area contributed by atoms with Crippen LogP contribution in [0.2, 0.25) is 0 Å². The zero-order chi connectivity index (χ0) is 16.5. The van der Waals surface area contributed by atoms with Crippen LogP contribution in [0.4, 0.5) is 0 Å². The number of aliphatic carboxylic acids is 1. The van der Waals surface area contributed by atoms with Crippen LogP contribution >= 0.6 is 0 Å². The second kappa shape index (κ2) is 9.23. The fraction of sp³-hybridized carbons (Fsp3) is 0.688. The summed E-state index contributed by atoms with van der Waals surface area (Å²) in [6.45, 7) is 7.57. The van der Waals surface area contributed by atoms with Crippen molar-refractivity contribution in [2.45, 2.75) is 59.4 Å². The maximum Gasteiger partial charge on any atom is 0.303 e. The minimum atomic E-state index is -0.748. The largest absolute Gasteiger partial charge is 0.481 e. The molecule has 0 aromatic carbocycles. The lowest BCUT2D eigenvalue weighted by atomic mass is 10.1. The van der Waals surface area contributed by atoms with Crippen LogP contribution in [0.1, 0.15) is 62.0 Å². The maximum absolute atomic E-state index is 12.1. The topological polar surface area (TPSA) is 84.2 Å². The lowest BCUT2D eigenvalue weighted by molar-refractivity contribution is -0.137. The quantitative estimate of drug-likeness (QED) is 0.651. The Bertz CT molecular complexity index is 495. The van der Waals surface area contributed by atoms with Gasteiger partial charge in [-0.1, -0.05) is 26.7 Å². The molecule has 0 aliphatic rings. The highest BCUT2D eigenvalue weighted by Gasteiger charge is 2.14. The van der Waals surface area contributed by atoms with Gasteiger partial charge in [-0.05, 0) is 25.7 Å². The summed E-state index contributed by atoms with van der Waals surface area (Å²) in [5.74, 6) is -0.347. The van der Waals surface area contributed by atoms with Gasteiger partial charge in [0.15, 0.2) is 0 Å². The van der Waals surface area contributed by atoms with E-state index >= 15 is 0 Å². The van der Waals surface area contributed by atoms with E-state index in [9.17, 15) is 9.59 Å². The molecule has 1 aromatic rings. The van der Waals surface area contributed by atoms with Gasteiger partial charge in [0, 0.05) is 25.2 Å². The van der Waals surface area contributed by atoms with Crippen LogP contribution in [0, 0.1) is 12.8 Å². The van der Waals surface area contributed by atoms with Gasteiger partial charge in [0.2, 0.25) is 0 Å². The number of unbranched alkanes of at least 4 members (excludes halogenated alkanes) is 3. The number of amides is 1. The molecular weight excluding hydrogens is 282 g/mol. The first-order chi connectivity index (χ1) is 10.4. The molecular formula is C16H27N3O3. The molecule has 0 bridgehead atoms. The van der Waals surface area contributed by atoms with Crippen LogP contribution < -0.4 is 5.32 Å². The second-order valence-corrected chi connectivity index (χ2v) is 6.03. The molecule has 124 valence electrons. The summed E-state index contributed by atoms with van der Waals surface area (Å²) in [6.07, 6.45) is 5.22. The Balaban J connectivity index is 2.28. The number of carboxylic acids is 1. The number of aromatic nitrogens is 2. The highest BCUT2D eigenvalue weighted by molar-refractivity contribution is 5.94. The van der Waals surface area contributed by atoms with Crippen molar-refractivity contribution in [1.82, 2.24) is 15.1 Å². The fourth-order valence-electron chi connectivity index (χ4n) is 2.25. The molecule has 0 saturated heterocycles. The molecule has 0 saturated carbocycles. The first kappa shape index (κ1) is 18.2. The zero-order valence-electron chi connectivity index (χ0n) is 13.8. The smallest absolute Gasteiger partial charge is 0.303 e. The van der Waals surface area contributed by atoms with Gasteiger partial charge in [0.1, 0.15) is 0 Å². The number of hydrogen-bond acceptors (Lipinski definition) is 3. The van der Waals surface area contributed by atoms with E-state index in [1.165, 1.54) is 0 Å². The second-order valence-electron chi connectivity index (χ2n) is 6.03. The molecule has 0 spiro atoms. The molecule has 1 amide bonds. The van der Waals surface area contributed by atoms with E-state index in [2.05, 4.69) is 24.3 Å². The predicted octanol–water partition coefficient (Wildman–Crippen LogP) is 2.61. The van der Waals surface area contributed by atoms with E-state index in [0.29, 0.717) is 24.4 Å². The van der Waals surface area contributed by atoms with Gasteiger partial charge in [-0.2, -0.15) is 5.10 Å². The van der Waals surface area contributed by atoms with Gasteiger partial charge < -0.3 is 10.4 Å². The fourth-order valence-corrected chi connectivity index (χ4v) is 2.25. The predicted molar refractivity (Wildman–Crippen MR) is 84.9 cm³/mol. The minimum absolute atomic E-state index is 0.0851. The van der Waals surface area contributed by atoms with Crippen molar-refractivity contribution in [1.29, 1.82) is 0 Å². The van der Waals surface area contributed by atoms with Crippen molar-refractivity contribution in [3.8, 4) is 0 Å². The molecule has 6 nitrogen and oxygen atoms in total. The van der Waals surface area contributed by atoms with E-state index in [1.807, 2.05) is 11.6 Å². The van der Waals surface area contributed by atoms with Gasteiger partial charge in [-0.25, -0.2) is 0 Å². The van der Waals surface area contributed by atoms with Gasteiger partial charge in [0.05, 0.1) is 11.8 Å². The molecule has 6 heteroatoms. The molecule has 1 rings (SSSR count). The minimum Gasteiger partial charge on any atom is -0.481 e. The Morgan fingerprint density at radius 2 is 1.95 bits per heavy atom. The normalized spacial score (nSPS) is 10.9. The Morgan fingerprint density at radius 1 is 1.27 bits per heavy atom. The van der Waals surface area contributed by atoms with Crippen molar-refractivity contribution in [3.63, 3.8) is 0 Å². The van der Waals surface area contributed by atoms with Crippen molar-refractivity contribution < 1.29 is 14.7 Å². The number of nitrogens with zero attached hydrogens (tertiary/aromatic N) is 2. The molecule has 0 fully saturated rings. The van der Waals surface area contributed by atoms with Crippen LogP contribution in [0.15, 0.2) is 6.20 Å². The third kappa shape index (κ3) is 6.28. The number of carbonyl (C=O) groups excluding carboxylic acids is 1. The van der Waals surface area contributed by atoms with Crippen LogP contribution in [-0.2, 0) is 11.3 Å². The average molecular weight is 309 g/mol. The first-order valence-corrected chi connectivity index (χ1v) is 7.94. The summed E-state index contributed by atoms with van der Waals surface area (Å²) in [6, 6.07) is 0. The molecule has 0 radical (unpaired) electrons. The Kier molecular flexibility index (Phi) is 7.63. The summed E-state index contributed by atoms with van der Waals surface area (Å²) >= 11 is 0. The SMILES string of the molecule is Cc1c(C(=O)NCCCCCCC(=O)O)cnn1CC(C)C. The number of hydrogen-bond donors (Lipinski definition) is 2. The van der Waals surface area contributed by atoms with Gasteiger partial charge >= 0.3 is 5.97 Å². The van der Waals surface area contributed by atoms with Crippen LogP contribution in [0.3, 0.4) is 0 Å². The molecule has 2 N–H and O–H groups in total. The van der Waals surface area contributed by atoms with Crippen molar-refractivity contribution >= 4 is 11.9 Å². The number of nitrogens with one attached hydrogen (secondary N) is 1. The summed E-state index contributed by atoms with van der Waals surface area (Å²) in [4.78, 5) is 22.5. The van der Waals surface area contributed by atoms with Gasteiger partial charge in [-0.3, -0.25) is 14.3 Å².